The SMILES string of the molecule is Cc1cc(Oc2ncc(N)cc2Cl)cc(C)c1Br. The summed E-state index contributed by atoms with van der Waals surface area (Å²) in [6, 6.07) is 5.46. The van der Waals surface area contributed by atoms with Gasteiger partial charge >= 0.3 is 0 Å². The molecule has 2 rings (SSSR count). The van der Waals surface area contributed by atoms with Gasteiger partial charge in [-0.1, -0.05) is 27.5 Å². The first-order valence-corrected chi connectivity index (χ1v) is 6.50. The molecule has 0 saturated carbocycles. The fourth-order valence-corrected chi connectivity index (χ4v) is 2.03. The van der Waals surface area contributed by atoms with Gasteiger partial charge < -0.3 is 10.5 Å². The minimum Gasteiger partial charge on any atom is -0.438 e. The van der Waals surface area contributed by atoms with Crippen molar-refractivity contribution >= 4 is 33.2 Å². The minimum absolute atomic E-state index is 0.354. The average Bonchev–Trinajstić information content (AvgIpc) is 2.29. The van der Waals surface area contributed by atoms with Gasteiger partial charge in [0.2, 0.25) is 5.88 Å². The smallest absolute Gasteiger partial charge is 0.238 e. The van der Waals surface area contributed by atoms with E-state index in [1.54, 1.807) is 6.07 Å². The van der Waals surface area contributed by atoms with Crippen LogP contribution in [0.4, 0.5) is 5.69 Å². The molecule has 0 atom stereocenters. The van der Waals surface area contributed by atoms with Crippen LogP contribution in [0.3, 0.4) is 0 Å². The van der Waals surface area contributed by atoms with E-state index in [9.17, 15) is 0 Å². The Hall–Kier alpha value is -1.26. The monoisotopic (exact) mass is 326 g/mol. The fraction of sp³-hybridized carbons (Fsp3) is 0.154. The van der Waals surface area contributed by atoms with Crippen molar-refractivity contribution in [2.75, 3.05) is 5.73 Å². The maximum atomic E-state index is 6.01. The number of anilines is 1. The number of rotatable bonds is 2. The second-order valence-corrected chi connectivity index (χ2v) is 5.23. The number of aromatic nitrogens is 1. The predicted octanol–water partition coefficient (Wildman–Crippen LogP) is 4.49. The second kappa shape index (κ2) is 5.16. The van der Waals surface area contributed by atoms with Gasteiger partial charge in [-0.2, -0.15) is 0 Å². The molecule has 1 aromatic carbocycles. The number of nitrogens with two attached hydrogens (primary N) is 1. The molecule has 94 valence electrons. The van der Waals surface area contributed by atoms with Gasteiger partial charge in [0.05, 0.1) is 11.9 Å². The van der Waals surface area contributed by atoms with Crippen LogP contribution < -0.4 is 10.5 Å². The Kier molecular flexibility index (Phi) is 3.78. The van der Waals surface area contributed by atoms with E-state index in [0.29, 0.717) is 22.3 Å². The molecule has 5 heteroatoms. The highest BCUT2D eigenvalue weighted by molar-refractivity contribution is 9.10. The number of nitrogens with zero attached hydrogens (tertiary/aromatic N) is 1. The zero-order chi connectivity index (χ0) is 13.3. The number of hydrogen-bond acceptors (Lipinski definition) is 3. The molecule has 2 N–H and O–H groups in total. The summed E-state index contributed by atoms with van der Waals surface area (Å²) in [5, 5.41) is 0.397. The van der Waals surface area contributed by atoms with Crippen molar-refractivity contribution in [2.45, 2.75) is 13.8 Å². The Morgan fingerprint density at radius 3 is 2.39 bits per heavy atom. The van der Waals surface area contributed by atoms with Crippen molar-refractivity contribution in [3.8, 4) is 11.6 Å². The van der Waals surface area contributed by atoms with Gasteiger partial charge in [0.15, 0.2) is 0 Å². The normalized spacial score (nSPS) is 10.4. The van der Waals surface area contributed by atoms with Gasteiger partial charge in [-0.3, -0.25) is 0 Å². The first-order valence-electron chi connectivity index (χ1n) is 5.33. The number of halogens is 2. The third-order valence-electron chi connectivity index (χ3n) is 2.45. The van der Waals surface area contributed by atoms with Gasteiger partial charge in [0, 0.05) is 4.47 Å². The Balaban J connectivity index is 2.34. The molecule has 0 aliphatic rings. The molecule has 1 aromatic heterocycles. The van der Waals surface area contributed by atoms with Crippen molar-refractivity contribution in [3.05, 3.63) is 45.0 Å². The van der Waals surface area contributed by atoms with E-state index in [0.717, 1.165) is 15.6 Å². The summed E-state index contributed by atoms with van der Waals surface area (Å²) in [5.74, 6) is 1.05. The number of pyridine rings is 1. The van der Waals surface area contributed by atoms with Crippen LogP contribution in [-0.4, -0.2) is 4.98 Å². The molecule has 0 bridgehead atoms. The maximum absolute atomic E-state index is 6.01. The molecular weight excluding hydrogens is 316 g/mol. The first kappa shape index (κ1) is 13.2. The van der Waals surface area contributed by atoms with E-state index in [2.05, 4.69) is 20.9 Å². The van der Waals surface area contributed by atoms with E-state index >= 15 is 0 Å². The van der Waals surface area contributed by atoms with Crippen molar-refractivity contribution in [1.29, 1.82) is 0 Å². The zero-order valence-electron chi connectivity index (χ0n) is 10.00. The topological polar surface area (TPSA) is 48.1 Å². The van der Waals surface area contributed by atoms with E-state index in [1.165, 1.54) is 6.20 Å². The number of benzene rings is 1. The largest absolute Gasteiger partial charge is 0.438 e. The van der Waals surface area contributed by atoms with Crippen LogP contribution in [0.5, 0.6) is 11.6 Å². The molecule has 3 nitrogen and oxygen atoms in total. The highest BCUT2D eigenvalue weighted by Crippen LogP contribution is 2.32. The molecule has 0 radical (unpaired) electrons. The van der Waals surface area contributed by atoms with Crippen molar-refractivity contribution in [3.63, 3.8) is 0 Å². The van der Waals surface area contributed by atoms with Crippen molar-refractivity contribution in [1.82, 2.24) is 4.98 Å². The van der Waals surface area contributed by atoms with Crippen LogP contribution >= 0.6 is 27.5 Å². The highest BCUT2D eigenvalue weighted by atomic mass is 79.9. The fourth-order valence-electron chi connectivity index (χ4n) is 1.59. The Bertz CT molecular complexity index is 579. The summed E-state index contributed by atoms with van der Waals surface area (Å²) in [6.07, 6.45) is 1.51. The van der Waals surface area contributed by atoms with E-state index in [-0.39, 0.29) is 0 Å². The Morgan fingerprint density at radius 2 is 1.83 bits per heavy atom. The molecule has 0 spiro atoms. The lowest BCUT2D eigenvalue weighted by atomic mass is 10.1. The molecule has 0 aliphatic carbocycles. The Morgan fingerprint density at radius 1 is 1.22 bits per heavy atom. The molecule has 0 aliphatic heterocycles. The third-order valence-corrected chi connectivity index (χ3v) is 3.97. The molecule has 2 aromatic rings. The van der Waals surface area contributed by atoms with Crippen molar-refractivity contribution in [2.24, 2.45) is 0 Å². The van der Waals surface area contributed by atoms with Crippen LogP contribution in [0.25, 0.3) is 0 Å². The van der Waals surface area contributed by atoms with Crippen LogP contribution in [0.1, 0.15) is 11.1 Å². The van der Waals surface area contributed by atoms with E-state index in [1.807, 2.05) is 26.0 Å². The molecule has 18 heavy (non-hydrogen) atoms. The summed E-state index contributed by atoms with van der Waals surface area (Å²) in [6.45, 7) is 4.00. The van der Waals surface area contributed by atoms with E-state index < -0.39 is 0 Å². The quantitative estimate of drug-likeness (QED) is 0.884. The first-order chi connectivity index (χ1) is 8.47. The van der Waals surface area contributed by atoms with Crippen LogP contribution in [0.15, 0.2) is 28.9 Å². The predicted molar refractivity (Wildman–Crippen MR) is 77.3 cm³/mol. The maximum Gasteiger partial charge on any atom is 0.238 e. The summed E-state index contributed by atoms with van der Waals surface area (Å²) in [4.78, 5) is 4.06. The van der Waals surface area contributed by atoms with Gasteiger partial charge in [-0.05, 0) is 43.2 Å². The molecule has 0 saturated heterocycles. The van der Waals surface area contributed by atoms with Crippen LogP contribution in [-0.2, 0) is 0 Å². The lowest BCUT2D eigenvalue weighted by Crippen LogP contribution is -1.93. The third kappa shape index (κ3) is 2.76. The van der Waals surface area contributed by atoms with Gasteiger partial charge in [-0.15, -0.1) is 0 Å². The molecule has 0 amide bonds. The zero-order valence-corrected chi connectivity index (χ0v) is 12.3. The van der Waals surface area contributed by atoms with Gasteiger partial charge in [0.1, 0.15) is 10.8 Å². The summed E-state index contributed by atoms with van der Waals surface area (Å²) in [5.41, 5.74) is 8.28. The average molecular weight is 328 g/mol. The van der Waals surface area contributed by atoms with Gasteiger partial charge in [-0.25, -0.2) is 4.98 Å². The number of aryl methyl sites for hydroxylation is 2. The summed E-state index contributed by atoms with van der Waals surface area (Å²) < 4.78 is 6.74. The summed E-state index contributed by atoms with van der Waals surface area (Å²) >= 11 is 9.52. The van der Waals surface area contributed by atoms with Crippen molar-refractivity contribution < 1.29 is 4.74 Å². The molecule has 0 unspecified atom stereocenters. The van der Waals surface area contributed by atoms with Crippen LogP contribution in [0.2, 0.25) is 5.02 Å². The molecule has 1 heterocycles. The second-order valence-electron chi connectivity index (χ2n) is 4.03. The standard InChI is InChI=1S/C13H12BrClN2O/c1-7-3-10(4-8(2)12(7)14)18-13-11(15)5-9(16)6-17-13/h3-6H,16H2,1-2H3. The molecular formula is C13H12BrClN2O. The minimum atomic E-state index is 0.354. The number of nitrogen functional groups attached to an aromatic ring is 1. The Labute approximate surface area is 119 Å². The number of hydrogen-bond donors (Lipinski definition) is 1. The number of ether oxygens (including phenoxy) is 1. The van der Waals surface area contributed by atoms with Gasteiger partial charge in [0.25, 0.3) is 0 Å². The lowest BCUT2D eigenvalue weighted by molar-refractivity contribution is 0.462. The van der Waals surface area contributed by atoms with E-state index in [4.69, 9.17) is 22.1 Å². The van der Waals surface area contributed by atoms with Crippen LogP contribution in [0, 0.1) is 13.8 Å². The summed E-state index contributed by atoms with van der Waals surface area (Å²) in [7, 11) is 0. The molecule has 0 fully saturated rings. The lowest BCUT2D eigenvalue weighted by Gasteiger charge is -2.10. The highest BCUT2D eigenvalue weighted by Gasteiger charge is 2.08.